The Labute approximate surface area is 223 Å². The van der Waals surface area contributed by atoms with Crippen molar-refractivity contribution < 1.29 is 19.1 Å². The fourth-order valence-electron chi connectivity index (χ4n) is 5.20. The van der Waals surface area contributed by atoms with Gasteiger partial charge in [-0.3, -0.25) is 9.59 Å². The molecule has 0 aliphatic heterocycles. The van der Waals surface area contributed by atoms with Crippen LogP contribution in [0.3, 0.4) is 0 Å². The fourth-order valence-corrected chi connectivity index (χ4v) is 5.82. The van der Waals surface area contributed by atoms with Gasteiger partial charge in [-0.2, -0.15) is 5.10 Å². The van der Waals surface area contributed by atoms with Gasteiger partial charge in [0.15, 0.2) is 0 Å². The van der Waals surface area contributed by atoms with Gasteiger partial charge < -0.3 is 14.8 Å². The van der Waals surface area contributed by atoms with Crippen LogP contribution in [0.4, 0.5) is 5.69 Å². The number of carbonyl (C=O) groups is 2. The average molecular weight is 530 g/mol. The Morgan fingerprint density at radius 1 is 1.08 bits per heavy atom. The van der Waals surface area contributed by atoms with Crippen molar-refractivity contribution in [1.82, 2.24) is 9.78 Å². The van der Waals surface area contributed by atoms with Crippen molar-refractivity contribution in [2.24, 2.45) is 23.7 Å². The molecule has 2 aromatic rings. The van der Waals surface area contributed by atoms with Crippen molar-refractivity contribution >= 4 is 27.6 Å². The number of ether oxygens (including phenoxy) is 2. The van der Waals surface area contributed by atoms with Crippen molar-refractivity contribution in [3.63, 3.8) is 0 Å². The molecule has 1 N–H and O–H groups in total. The van der Waals surface area contributed by atoms with E-state index in [9.17, 15) is 9.59 Å². The second-order valence-corrected chi connectivity index (χ2v) is 16.0. The Hall–Kier alpha value is -2.32. The lowest BCUT2D eigenvalue weighted by atomic mass is 9.83. The highest BCUT2D eigenvalue weighted by molar-refractivity contribution is 8.32. The number of nitrogens with zero attached hydrogens (tertiary/aromatic N) is 2. The van der Waals surface area contributed by atoms with Crippen molar-refractivity contribution in [1.29, 1.82) is 0 Å². The van der Waals surface area contributed by atoms with E-state index in [2.05, 4.69) is 31.0 Å². The quantitative estimate of drug-likeness (QED) is 0.214. The van der Waals surface area contributed by atoms with Gasteiger partial charge in [0.25, 0.3) is 0 Å². The Morgan fingerprint density at radius 3 is 2.24 bits per heavy atom. The van der Waals surface area contributed by atoms with Crippen molar-refractivity contribution in [3.05, 3.63) is 35.7 Å². The maximum Gasteiger partial charge on any atom is 0.318 e. The first kappa shape index (κ1) is 27.7. The minimum atomic E-state index is -0.734. The summed E-state index contributed by atoms with van der Waals surface area (Å²) < 4.78 is 13.2. The zero-order valence-corrected chi connectivity index (χ0v) is 24.0. The molecule has 2 saturated carbocycles. The number of esters is 1. The van der Waals surface area contributed by atoms with Crippen LogP contribution in [0.25, 0.3) is 11.1 Å². The van der Waals surface area contributed by atoms with Gasteiger partial charge in [-0.05, 0) is 101 Å². The third-order valence-electron chi connectivity index (χ3n) is 7.42. The van der Waals surface area contributed by atoms with Gasteiger partial charge in [-0.25, -0.2) is 14.7 Å². The van der Waals surface area contributed by atoms with Crippen LogP contribution in [0.15, 0.2) is 24.3 Å². The van der Waals surface area contributed by atoms with Crippen molar-refractivity contribution in [2.75, 3.05) is 43.1 Å². The third-order valence-corrected chi connectivity index (χ3v) is 8.81. The molecule has 37 heavy (non-hydrogen) atoms. The predicted molar refractivity (Wildman–Crippen MR) is 151 cm³/mol. The first-order chi connectivity index (χ1) is 17.6. The van der Waals surface area contributed by atoms with E-state index in [1.54, 1.807) is 6.92 Å². The van der Waals surface area contributed by atoms with Gasteiger partial charge in [0.2, 0.25) is 5.91 Å². The van der Waals surface area contributed by atoms with Crippen LogP contribution < -0.4 is 5.32 Å². The minimum Gasteiger partial charge on any atom is -0.465 e. The number of hydrogen-bond acceptors (Lipinski definition) is 5. The standard InChI is InChI=1S/C29H43N3O4S/c1-7-36-29(34)27(26(22-8-9-22)23-10-11-23)28(33)30-24-14-12-21(13-15-24)25-19(2)31-32(20(25)3)18-35-16-17-37(4,5)6/h12-15,22-23,26-27H,7-11,16-18H2,1-6H3,(H,30,33). The van der Waals surface area contributed by atoms with Crippen LogP contribution >= 0.6 is 10.0 Å². The van der Waals surface area contributed by atoms with Crippen LogP contribution in [0.2, 0.25) is 0 Å². The smallest absolute Gasteiger partial charge is 0.318 e. The lowest BCUT2D eigenvalue weighted by Gasteiger charge is -2.25. The summed E-state index contributed by atoms with van der Waals surface area (Å²) >= 11 is 0. The number of aromatic nitrogens is 2. The second kappa shape index (κ2) is 11.6. The third kappa shape index (κ3) is 7.17. The number of carbonyl (C=O) groups excluding carboxylic acids is 2. The molecule has 2 aliphatic carbocycles. The Balaban J connectivity index is 1.43. The Kier molecular flexibility index (Phi) is 8.69. The van der Waals surface area contributed by atoms with E-state index < -0.39 is 15.9 Å². The molecule has 0 radical (unpaired) electrons. The normalized spacial score (nSPS) is 17.1. The number of benzene rings is 1. The molecule has 8 heteroatoms. The number of hydrogen-bond donors (Lipinski definition) is 1. The van der Waals surface area contributed by atoms with Crippen LogP contribution in [-0.4, -0.2) is 59.4 Å². The van der Waals surface area contributed by atoms with E-state index in [1.807, 2.05) is 35.9 Å². The van der Waals surface area contributed by atoms with Gasteiger partial charge in [0.1, 0.15) is 12.6 Å². The van der Waals surface area contributed by atoms with Gasteiger partial charge in [-0.1, -0.05) is 12.1 Å². The average Bonchev–Trinajstić information content (AvgIpc) is 3.75. The van der Waals surface area contributed by atoms with E-state index in [4.69, 9.17) is 14.6 Å². The highest BCUT2D eigenvalue weighted by Gasteiger charge is 2.51. The number of aryl methyl sites for hydroxylation is 1. The number of anilines is 1. The van der Waals surface area contributed by atoms with Gasteiger partial charge in [0.05, 0.1) is 18.9 Å². The highest BCUT2D eigenvalue weighted by atomic mass is 32.3. The lowest BCUT2D eigenvalue weighted by molar-refractivity contribution is -0.154. The molecule has 204 valence electrons. The second-order valence-electron chi connectivity index (χ2n) is 11.4. The zero-order chi connectivity index (χ0) is 26.7. The molecule has 1 aromatic carbocycles. The zero-order valence-electron chi connectivity index (χ0n) is 23.2. The number of nitrogens with one attached hydrogen (secondary N) is 1. The number of rotatable bonds is 13. The predicted octanol–water partition coefficient (Wildman–Crippen LogP) is 5.39. The first-order valence-electron chi connectivity index (χ1n) is 13.4. The first-order valence-corrected chi connectivity index (χ1v) is 16.5. The topological polar surface area (TPSA) is 82.5 Å². The maximum atomic E-state index is 13.4. The molecule has 1 aromatic heterocycles. The fraction of sp³-hybridized carbons (Fsp3) is 0.621. The monoisotopic (exact) mass is 529 g/mol. The Morgan fingerprint density at radius 2 is 1.70 bits per heavy atom. The van der Waals surface area contributed by atoms with Crippen molar-refractivity contribution in [3.8, 4) is 11.1 Å². The molecule has 1 heterocycles. The van der Waals surface area contributed by atoms with E-state index in [1.165, 1.54) is 0 Å². The van der Waals surface area contributed by atoms with E-state index in [0.717, 1.165) is 60.6 Å². The van der Waals surface area contributed by atoms with Gasteiger partial charge in [0, 0.05) is 22.7 Å². The lowest BCUT2D eigenvalue weighted by Crippen LogP contribution is -2.38. The van der Waals surface area contributed by atoms with Crippen molar-refractivity contribution in [2.45, 2.75) is 53.2 Å². The molecule has 2 aliphatic rings. The molecule has 0 saturated heterocycles. The van der Waals surface area contributed by atoms with Gasteiger partial charge in [-0.15, -0.1) is 0 Å². The summed E-state index contributed by atoms with van der Waals surface area (Å²) in [5.74, 6) is 0.747. The molecule has 1 amide bonds. The molecule has 4 rings (SSSR count). The molecule has 1 unspecified atom stereocenters. The highest BCUT2D eigenvalue weighted by Crippen LogP contribution is 2.53. The largest absolute Gasteiger partial charge is 0.465 e. The van der Waals surface area contributed by atoms with Crippen LogP contribution in [0.5, 0.6) is 0 Å². The molecule has 7 nitrogen and oxygen atoms in total. The van der Waals surface area contributed by atoms with Crippen LogP contribution in [-0.2, 0) is 25.8 Å². The molecule has 1 atom stereocenters. The maximum absolute atomic E-state index is 13.4. The molecule has 0 bridgehead atoms. The van der Waals surface area contributed by atoms with E-state index in [-0.39, 0.29) is 24.4 Å². The Bertz CT molecular complexity index is 1090. The molecular formula is C29H43N3O4S. The van der Waals surface area contributed by atoms with Gasteiger partial charge >= 0.3 is 5.97 Å². The summed E-state index contributed by atoms with van der Waals surface area (Å²) in [6, 6.07) is 7.80. The summed E-state index contributed by atoms with van der Waals surface area (Å²) in [6.45, 7) is 7.32. The molecule has 2 fully saturated rings. The molecule has 0 spiro atoms. The summed E-state index contributed by atoms with van der Waals surface area (Å²) in [4.78, 5) is 26.2. The van der Waals surface area contributed by atoms with Crippen LogP contribution in [0.1, 0.15) is 44.0 Å². The molecular weight excluding hydrogens is 486 g/mol. The summed E-state index contributed by atoms with van der Waals surface area (Å²) in [6.07, 6.45) is 11.3. The number of amides is 1. The summed E-state index contributed by atoms with van der Waals surface area (Å²) in [7, 11) is -0.578. The minimum absolute atomic E-state index is 0.0986. The van der Waals surface area contributed by atoms with Crippen LogP contribution in [0, 0.1) is 37.5 Å². The summed E-state index contributed by atoms with van der Waals surface area (Å²) in [5.41, 5.74) is 4.79. The summed E-state index contributed by atoms with van der Waals surface area (Å²) in [5, 5.41) is 7.70. The SMILES string of the molecule is CCOC(=O)C(C(=O)Nc1ccc(-c2c(C)nn(COCCS(C)(C)C)c2C)cc1)C(C1CC1)C1CC1. The van der Waals surface area contributed by atoms with E-state index in [0.29, 0.717) is 24.3 Å². The van der Waals surface area contributed by atoms with E-state index >= 15 is 0 Å².